The highest BCUT2D eigenvalue weighted by atomic mass is 16.2. The molecule has 0 fully saturated rings. The maximum Gasteiger partial charge on any atom is 0.328 e. The van der Waals surface area contributed by atoms with Crippen LogP contribution in [-0.4, -0.2) is 22.7 Å². The van der Waals surface area contributed by atoms with Crippen molar-refractivity contribution in [1.82, 2.24) is 4.90 Å². The smallest absolute Gasteiger partial charge is 0.328 e. The van der Waals surface area contributed by atoms with Gasteiger partial charge in [-0.15, -0.1) is 0 Å². The molecule has 5 heteroatoms. The number of hydrogen-bond acceptors (Lipinski definition) is 3. The summed E-state index contributed by atoms with van der Waals surface area (Å²) in [6.45, 7) is 8.53. The molecule has 2 unspecified atom stereocenters. The Bertz CT molecular complexity index is 499. The van der Waals surface area contributed by atoms with Gasteiger partial charge < -0.3 is 5.73 Å². The average Bonchev–Trinajstić information content (AvgIpc) is 2.85. The Morgan fingerprint density at radius 2 is 1.23 bits per heavy atom. The Kier molecular flexibility index (Phi) is 9.60. The Labute approximate surface area is 158 Å². The Morgan fingerprint density at radius 3 is 1.50 bits per heavy atom. The highest BCUT2D eigenvalue weighted by Gasteiger charge is 2.41. The number of primary amides is 1. The fraction of sp³-hybridized carbons (Fsp3) is 0.762. The minimum atomic E-state index is -0.962. The van der Waals surface area contributed by atoms with Crippen molar-refractivity contribution in [2.24, 2.45) is 17.6 Å². The van der Waals surface area contributed by atoms with Gasteiger partial charge in [-0.3, -0.25) is 9.59 Å². The standard InChI is InChI=1S/C21H36N2O3/c1-5-9-11-15(7-3)13-17-18(14-16(8-4)12-10-6-2)20(25)23(19(17)24)21(22)26/h15-16H,5-14H2,1-4H3,(H2,22,26). The van der Waals surface area contributed by atoms with E-state index in [4.69, 9.17) is 5.73 Å². The number of nitrogens with two attached hydrogens (primary N) is 1. The monoisotopic (exact) mass is 364 g/mol. The molecule has 0 aromatic rings. The summed E-state index contributed by atoms with van der Waals surface area (Å²) < 4.78 is 0. The third kappa shape index (κ3) is 5.68. The number of hydrogen-bond donors (Lipinski definition) is 1. The maximum absolute atomic E-state index is 12.7. The first-order valence-corrected chi connectivity index (χ1v) is 10.3. The first-order valence-electron chi connectivity index (χ1n) is 10.3. The first kappa shape index (κ1) is 22.4. The molecular weight excluding hydrogens is 328 g/mol. The van der Waals surface area contributed by atoms with Gasteiger partial charge in [0.15, 0.2) is 0 Å². The van der Waals surface area contributed by atoms with Crippen LogP contribution >= 0.6 is 0 Å². The van der Waals surface area contributed by atoms with Gasteiger partial charge in [0.2, 0.25) is 0 Å². The van der Waals surface area contributed by atoms with Crippen LogP contribution in [-0.2, 0) is 9.59 Å². The topological polar surface area (TPSA) is 80.5 Å². The molecule has 148 valence electrons. The lowest BCUT2D eigenvalue weighted by molar-refractivity contribution is -0.133. The molecule has 0 aromatic carbocycles. The normalized spacial score (nSPS) is 17.2. The summed E-state index contributed by atoms with van der Waals surface area (Å²) in [5, 5.41) is 0. The van der Waals surface area contributed by atoms with Crippen LogP contribution in [0.15, 0.2) is 11.1 Å². The number of imide groups is 3. The third-order valence-electron chi connectivity index (χ3n) is 5.58. The van der Waals surface area contributed by atoms with Crippen LogP contribution in [0.4, 0.5) is 4.79 Å². The Balaban J connectivity index is 3.10. The van der Waals surface area contributed by atoms with Crippen molar-refractivity contribution < 1.29 is 14.4 Å². The molecular formula is C21H36N2O3. The van der Waals surface area contributed by atoms with Gasteiger partial charge in [-0.25, -0.2) is 4.79 Å². The van der Waals surface area contributed by atoms with E-state index < -0.39 is 17.8 Å². The predicted molar refractivity (Wildman–Crippen MR) is 104 cm³/mol. The van der Waals surface area contributed by atoms with E-state index in [-0.39, 0.29) is 0 Å². The molecule has 0 saturated carbocycles. The van der Waals surface area contributed by atoms with Gasteiger partial charge in [0, 0.05) is 11.1 Å². The van der Waals surface area contributed by atoms with Crippen LogP contribution in [0.3, 0.4) is 0 Å². The van der Waals surface area contributed by atoms with Crippen LogP contribution in [0.5, 0.6) is 0 Å². The van der Waals surface area contributed by atoms with E-state index in [1.807, 2.05) is 0 Å². The molecule has 5 nitrogen and oxygen atoms in total. The van der Waals surface area contributed by atoms with Crippen molar-refractivity contribution in [1.29, 1.82) is 0 Å². The number of nitrogens with zero attached hydrogens (tertiary/aromatic N) is 1. The van der Waals surface area contributed by atoms with Crippen molar-refractivity contribution in [3.05, 3.63) is 11.1 Å². The summed E-state index contributed by atoms with van der Waals surface area (Å²) in [5.41, 5.74) is 6.38. The zero-order valence-electron chi connectivity index (χ0n) is 17.0. The summed E-state index contributed by atoms with van der Waals surface area (Å²) in [5.74, 6) is -0.254. The van der Waals surface area contributed by atoms with Crippen LogP contribution < -0.4 is 5.73 Å². The first-order chi connectivity index (χ1) is 12.4. The molecule has 1 aliphatic rings. The molecule has 1 heterocycles. The van der Waals surface area contributed by atoms with Crippen molar-refractivity contribution in [3.8, 4) is 0 Å². The van der Waals surface area contributed by atoms with E-state index in [0.717, 1.165) is 51.4 Å². The van der Waals surface area contributed by atoms with E-state index in [0.29, 0.717) is 40.7 Å². The van der Waals surface area contributed by atoms with E-state index in [9.17, 15) is 14.4 Å². The summed E-state index contributed by atoms with van der Waals surface area (Å²) in [6, 6.07) is -0.962. The molecule has 26 heavy (non-hydrogen) atoms. The van der Waals surface area contributed by atoms with Crippen LogP contribution in [0.1, 0.15) is 91.9 Å². The lowest BCUT2D eigenvalue weighted by atomic mass is 9.86. The van der Waals surface area contributed by atoms with Gasteiger partial charge in [0.1, 0.15) is 0 Å². The number of unbranched alkanes of at least 4 members (excludes halogenated alkanes) is 2. The minimum absolute atomic E-state index is 0.361. The van der Waals surface area contributed by atoms with Crippen LogP contribution in [0, 0.1) is 11.8 Å². The summed E-state index contributed by atoms with van der Waals surface area (Å²) in [7, 11) is 0. The molecule has 0 radical (unpaired) electrons. The molecule has 0 aromatic heterocycles. The largest absolute Gasteiger partial charge is 0.351 e. The van der Waals surface area contributed by atoms with E-state index in [1.54, 1.807) is 0 Å². The summed E-state index contributed by atoms with van der Waals surface area (Å²) >= 11 is 0. The second-order valence-electron chi connectivity index (χ2n) is 7.48. The van der Waals surface area contributed by atoms with E-state index in [1.165, 1.54) is 0 Å². The lowest BCUT2D eigenvalue weighted by Gasteiger charge is -2.17. The number of carbonyl (C=O) groups excluding carboxylic acids is 3. The van der Waals surface area contributed by atoms with Crippen molar-refractivity contribution >= 4 is 17.8 Å². The lowest BCUT2D eigenvalue weighted by Crippen LogP contribution is -2.41. The number of rotatable bonds is 12. The Morgan fingerprint density at radius 1 is 0.846 bits per heavy atom. The number of urea groups is 1. The van der Waals surface area contributed by atoms with Crippen molar-refractivity contribution in [2.45, 2.75) is 91.9 Å². The van der Waals surface area contributed by atoms with Crippen molar-refractivity contribution in [2.75, 3.05) is 0 Å². The fourth-order valence-corrected chi connectivity index (χ4v) is 3.71. The molecule has 4 amide bonds. The van der Waals surface area contributed by atoms with E-state index in [2.05, 4.69) is 27.7 Å². The van der Waals surface area contributed by atoms with Gasteiger partial charge in [-0.1, -0.05) is 79.1 Å². The quantitative estimate of drug-likeness (QED) is 0.498. The fourth-order valence-electron chi connectivity index (χ4n) is 3.71. The maximum atomic E-state index is 12.7. The molecule has 0 aliphatic carbocycles. The third-order valence-corrected chi connectivity index (χ3v) is 5.58. The van der Waals surface area contributed by atoms with Gasteiger partial charge in [-0.2, -0.15) is 4.90 Å². The second kappa shape index (κ2) is 11.1. The van der Waals surface area contributed by atoms with Gasteiger partial charge in [-0.05, 0) is 24.7 Å². The predicted octanol–water partition coefficient (Wildman–Crippen LogP) is 4.94. The van der Waals surface area contributed by atoms with Crippen molar-refractivity contribution in [3.63, 3.8) is 0 Å². The highest BCUT2D eigenvalue weighted by Crippen LogP contribution is 2.34. The summed E-state index contributed by atoms with van der Waals surface area (Å²) in [6.07, 6.45) is 9.57. The molecule has 2 atom stereocenters. The molecule has 2 N–H and O–H groups in total. The average molecular weight is 365 g/mol. The minimum Gasteiger partial charge on any atom is -0.351 e. The molecule has 1 rings (SSSR count). The number of amides is 4. The molecule has 0 saturated heterocycles. The zero-order chi connectivity index (χ0) is 19.7. The summed E-state index contributed by atoms with van der Waals surface area (Å²) in [4.78, 5) is 37.7. The van der Waals surface area contributed by atoms with Gasteiger partial charge in [0.05, 0.1) is 0 Å². The Hall–Kier alpha value is -1.65. The SMILES string of the molecule is CCCCC(CC)CC1=C(CC(CC)CCCC)C(=O)N(C(N)=O)C1=O. The van der Waals surface area contributed by atoms with Crippen LogP contribution in [0.2, 0.25) is 0 Å². The van der Waals surface area contributed by atoms with Crippen LogP contribution in [0.25, 0.3) is 0 Å². The molecule has 0 bridgehead atoms. The highest BCUT2D eigenvalue weighted by molar-refractivity contribution is 6.26. The van der Waals surface area contributed by atoms with Gasteiger partial charge in [0.25, 0.3) is 11.8 Å². The molecule has 1 aliphatic heterocycles. The second-order valence-corrected chi connectivity index (χ2v) is 7.48. The van der Waals surface area contributed by atoms with E-state index >= 15 is 0 Å². The zero-order valence-corrected chi connectivity index (χ0v) is 17.0. The number of carbonyl (C=O) groups is 3. The molecule has 0 spiro atoms. The van der Waals surface area contributed by atoms with Gasteiger partial charge >= 0.3 is 6.03 Å².